The number of hydrogen-bond acceptors (Lipinski definition) is 4. The molecule has 0 rings (SSSR count). The topological polar surface area (TPSA) is 105 Å². The number of carbonyl (C=O) groups excluding carboxylic acids is 2. The van der Waals surface area contributed by atoms with Gasteiger partial charge in [-0.25, -0.2) is 4.79 Å². The second-order valence-corrected chi connectivity index (χ2v) is 4.29. The maximum Gasteiger partial charge on any atom is 0.326 e. The highest BCUT2D eigenvalue weighted by atomic mass is 16.5. The first kappa shape index (κ1) is 18.4. The summed E-state index contributed by atoms with van der Waals surface area (Å²) >= 11 is 0. The van der Waals surface area contributed by atoms with E-state index in [1.165, 1.54) is 0 Å². The monoisotopic (exact) mass is 288 g/mol. The standard InChI is InChI=1S/C13H24N2O5/c1-3-11(16)14-8-6-5-7-10(13(18)19)15-12(17)9-20-4-2/h10H,3-9H2,1-2H3,(H,14,16)(H,15,17)(H,18,19). The molecule has 2 amide bonds. The average molecular weight is 288 g/mol. The van der Waals surface area contributed by atoms with Gasteiger partial charge in [-0.3, -0.25) is 9.59 Å². The summed E-state index contributed by atoms with van der Waals surface area (Å²) in [6.45, 7) is 4.32. The smallest absolute Gasteiger partial charge is 0.326 e. The lowest BCUT2D eigenvalue weighted by molar-refractivity contribution is -0.142. The summed E-state index contributed by atoms with van der Waals surface area (Å²) in [5.74, 6) is -1.52. The Bertz CT molecular complexity index is 320. The zero-order chi connectivity index (χ0) is 15.4. The molecule has 0 aromatic carbocycles. The zero-order valence-corrected chi connectivity index (χ0v) is 12.1. The predicted octanol–water partition coefficient (Wildman–Crippen LogP) is 0.289. The van der Waals surface area contributed by atoms with E-state index in [-0.39, 0.29) is 12.5 Å². The van der Waals surface area contributed by atoms with E-state index in [4.69, 9.17) is 9.84 Å². The van der Waals surface area contributed by atoms with Gasteiger partial charge in [0.1, 0.15) is 12.6 Å². The van der Waals surface area contributed by atoms with Crippen molar-refractivity contribution in [2.75, 3.05) is 19.8 Å². The number of amides is 2. The molecule has 0 aromatic rings. The van der Waals surface area contributed by atoms with Crippen LogP contribution in [-0.4, -0.2) is 48.7 Å². The molecule has 0 heterocycles. The largest absolute Gasteiger partial charge is 0.480 e. The SMILES string of the molecule is CCOCC(=O)NC(CCCCNC(=O)CC)C(=O)O. The molecular formula is C13H24N2O5. The van der Waals surface area contributed by atoms with Crippen molar-refractivity contribution in [1.29, 1.82) is 0 Å². The molecule has 0 radical (unpaired) electrons. The Labute approximate surface area is 119 Å². The fraction of sp³-hybridized carbons (Fsp3) is 0.769. The van der Waals surface area contributed by atoms with Gasteiger partial charge in [0.25, 0.3) is 0 Å². The van der Waals surface area contributed by atoms with Crippen LogP contribution in [0.4, 0.5) is 0 Å². The molecule has 0 aromatic heterocycles. The Morgan fingerprint density at radius 1 is 1.15 bits per heavy atom. The van der Waals surface area contributed by atoms with Crippen LogP contribution in [0, 0.1) is 0 Å². The lowest BCUT2D eigenvalue weighted by Gasteiger charge is -2.14. The normalized spacial score (nSPS) is 11.7. The highest BCUT2D eigenvalue weighted by Crippen LogP contribution is 2.01. The van der Waals surface area contributed by atoms with Crippen LogP contribution in [0.3, 0.4) is 0 Å². The van der Waals surface area contributed by atoms with E-state index in [9.17, 15) is 14.4 Å². The number of ether oxygens (including phenoxy) is 1. The molecule has 0 saturated heterocycles. The van der Waals surface area contributed by atoms with Crippen LogP contribution in [0.1, 0.15) is 39.5 Å². The number of unbranched alkanes of at least 4 members (excludes halogenated alkanes) is 1. The molecule has 0 aliphatic rings. The fourth-order valence-corrected chi connectivity index (χ4v) is 1.51. The number of rotatable bonds is 11. The summed E-state index contributed by atoms with van der Waals surface area (Å²) in [7, 11) is 0. The van der Waals surface area contributed by atoms with Crippen molar-refractivity contribution in [1.82, 2.24) is 10.6 Å². The van der Waals surface area contributed by atoms with E-state index in [0.29, 0.717) is 38.8 Å². The molecule has 0 fully saturated rings. The number of aliphatic carboxylic acids is 1. The first-order valence-corrected chi connectivity index (χ1v) is 6.87. The van der Waals surface area contributed by atoms with E-state index < -0.39 is 17.9 Å². The Hall–Kier alpha value is -1.63. The summed E-state index contributed by atoms with van der Waals surface area (Å²) in [5.41, 5.74) is 0. The van der Waals surface area contributed by atoms with Gasteiger partial charge in [0.05, 0.1) is 0 Å². The highest BCUT2D eigenvalue weighted by Gasteiger charge is 2.19. The van der Waals surface area contributed by atoms with Crippen molar-refractivity contribution < 1.29 is 24.2 Å². The van der Waals surface area contributed by atoms with E-state index >= 15 is 0 Å². The molecule has 7 heteroatoms. The third-order valence-corrected chi connectivity index (χ3v) is 2.63. The first-order valence-electron chi connectivity index (χ1n) is 6.87. The number of nitrogens with one attached hydrogen (secondary N) is 2. The fourth-order valence-electron chi connectivity index (χ4n) is 1.51. The molecule has 0 aliphatic heterocycles. The molecule has 1 unspecified atom stereocenters. The van der Waals surface area contributed by atoms with Crippen LogP contribution in [0.25, 0.3) is 0 Å². The second kappa shape index (κ2) is 11.2. The molecule has 0 spiro atoms. The van der Waals surface area contributed by atoms with Crippen LogP contribution < -0.4 is 10.6 Å². The lowest BCUT2D eigenvalue weighted by Crippen LogP contribution is -2.42. The molecule has 0 aliphatic carbocycles. The maximum absolute atomic E-state index is 11.4. The van der Waals surface area contributed by atoms with Crippen molar-refractivity contribution in [2.24, 2.45) is 0 Å². The van der Waals surface area contributed by atoms with Gasteiger partial charge in [-0.1, -0.05) is 6.92 Å². The van der Waals surface area contributed by atoms with Crippen LogP contribution in [0.5, 0.6) is 0 Å². The Balaban J connectivity index is 3.89. The van der Waals surface area contributed by atoms with Crippen molar-refractivity contribution in [3.63, 3.8) is 0 Å². The highest BCUT2D eigenvalue weighted by molar-refractivity contribution is 5.84. The van der Waals surface area contributed by atoms with Gasteiger partial charge < -0.3 is 20.5 Å². The van der Waals surface area contributed by atoms with Crippen molar-refractivity contribution in [2.45, 2.75) is 45.6 Å². The lowest BCUT2D eigenvalue weighted by atomic mass is 10.1. The maximum atomic E-state index is 11.4. The van der Waals surface area contributed by atoms with Gasteiger partial charge in [-0.05, 0) is 26.2 Å². The van der Waals surface area contributed by atoms with Crippen molar-refractivity contribution >= 4 is 17.8 Å². The summed E-state index contributed by atoms with van der Waals surface area (Å²) in [5, 5.41) is 14.1. The van der Waals surface area contributed by atoms with Gasteiger partial charge >= 0.3 is 5.97 Å². The quantitative estimate of drug-likeness (QED) is 0.474. The van der Waals surface area contributed by atoms with E-state index in [0.717, 1.165) is 0 Å². The number of carboxylic acid groups (broad SMARTS) is 1. The molecule has 20 heavy (non-hydrogen) atoms. The summed E-state index contributed by atoms with van der Waals surface area (Å²) in [6.07, 6.45) is 2.05. The molecule has 0 bridgehead atoms. The van der Waals surface area contributed by atoms with Crippen LogP contribution in [0.15, 0.2) is 0 Å². The Kier molecular flexibility index (Phi) is 10.3. The predicted molar refractivity (Wildman–Crippen MR) is 73.2 cm³/mol. The van der Waals surface area contributed by atoms with Gasteiger partial charge in [0.2, 0.25) is 11.8 Å². The minimum absolute atomic E-state index is 0.0233. The van der Waals surface area contributed by atoms with Gasteiger partial charge in [-0.2, -0.15) is 0 Å². The Morgan fingerprint density at radius 3 is 2.40 bits per heavy atom. The molecular weight excluding hydrogens is 264 g/mol. The molecule has 7 nitrogen and oxygen atoms in total. The van der Waals surface area contributed by atoms with E-state index in [2.05, 4.69) is 10.6 Å². The Morgan fingerprint density at radius 2 is 1.85 bits per heavy atom. The number of carboxylic acids is 1. The molecule has 3 N–H and O–H groups in total. The summed E-state index contributed by atoms with van der Waals surface area (Å²) in [6, 6.07) is -0.912. The zero-order valence-electron chi connectivity index (χ0n) is 12.1. The molecule has 0 saturated carbocycles. The second-order valence-electron chi connectivity index (χ2n) is 4.29. The van der Waals surface area contributed by atoms with Gasteiger partial charge in [0.15, 0.2) is 0 Å². The third kappa shape index (κ3) is 9.32. The average Bonchev–Trinajstić information content (AvgIpc) is 2.42. The summed E-state index contributed by atoms with van der Waals surface area (Å²) in [4.78, 5) is 33.4. The van der Waals surface area contributed by atoms with Gasteiger partial charge in [0, 0.05) is 19.6 Å². The molecule has 116 valence electrons. The minimum Gasteiger partial charge on any atom is -0.480 e. The third-order valence-electron chi connectivity index (χ3n) is 2.63. The van der Waals surface area contributed by atoms with E-state index in [1.54, 1.807) is 13.8 Å². The number of hydrogen-bond donors (Lipinski definition) is 3. The molecule has 1 atom stereocenters. The van der Waals surface area contributed by atoms with Crippen molar-refractivity contribution in [3.05, 3.63) is 0 Å². The summed E-state index contributed by atoms with van der Waals surface area (Å²) < 4.78 is 4.91. The van der Waals surface area contributed by atoms with Crippen molar-refractivity contribution in [3.8, 4) is 0 Å². The number of carbonyl (C=O) groups is 3. The van der Waals surface area contributed by atoms with Gasteiger partial charge in [-0.15, -0.1) is 0 Å². The minimum atomic E-state index is -1.06. The van der Waals surface area contributed by atoms with E-state index in [1.807, 2.05) is 0 Å². The van der Waals surface area contributed by atoms with Crippen LogP contribution in [-0.2, 0) is 19.1 Å². The first-order chi connectivity index (χ1) is 9.51. The van der Waals surface area contributed by atoms with Crippen LogP contribution in [0.2, 0.25) is 0 Å². The van der Waals surface area contributed by atoms with Crippen LogP contribution >= 0.6 is 0 Å².